The number of alkyl halides is 3. The predicted octanol–water partition coefficient (Wildman–Crippen LogP) is 5.30. The van der Waals surface area contributed by atoms with Gasteiger partial charge < -0.3 is 9.47 Å². The average Bonchev–Trinajstić information content (AvgIpc) is 3.16. The van der Waals surface area contributed by atoms with Crippen molar-refractivity contribution in [2.24, 2.45) is 5.92 Å². The number of fused-ring (bicyclic) bond motifs is 1. The number of H-pyrrole nitrogens is 1. The number of halogens is 4. The number of para-hydroxylation sites is 1. The second-order valence-electron chi connectivity index (χ2n) is 6.78. The third-order valence-corrected chi connectivity index (χ3v) is 5.29. The molecule has 2 atom stereocenters. The van der Waals surface area contributed by atoms with Crippen LogP contribution in [0.4, 0.5) is 13.2 Å². The summed E-state index contributed by atoms with van der Waals surface area (Å²) in [5.41, 5.74) is -0.456. The third kappa shape index (κ3) is 3.82. The summed E-state index contributed by atoms with van der Waals surface area (Å²) in [7, 11) is 0. The lowest BCUT2D eigenvalue weighted by Gasteiger charge is -2.29. The van der Waals surface area contributed by atoms with E-state index < -0.39 is 29.6 Å². The lowest BCUT2D eigenvalue weighted by atomic mass is 9.79. The van der Waals surface area contributed by atoms with Gasteiger partial charge in [0.2, 0.25) is 11.8 Å². The standard InChI is InChI=1S/C21H14ClF3N4O2/c22-14-7-3-1-5-11(14)10-30-15-8-4-2-6-12(15)16-13(9-26)19(27)31-20-17(16)18(28-29-20)21(23,24)25/h1-8,13,16,27H,10H2,(H,28,29). The van der Waals surface area contributed by atoms with Gasteiger partial charge in [0.15, 0.2) is 0 Å². The zero-order valence-electron chi connectivity index (χ0n) is 15.7. The Balaban J connectivity index is 1.80. The Morgan fingerprint density at radius 1 is 1.19 bits per heavy atom. The molecule has 2 aromatic carbocycles. The summed E-state index contributed by atoms with van der Waals surface area (Å²) < 4.78 is 51.9. The van der Waals surface area contributed by atoms with Crippen molar-refractivity contribution < 1.29 is 22.6 Å². The number of nitriles is 1. The lowest BCUT2D eigenvalue weighted by molar-refractivity contribution is -0.142. The fraction of sp³-hybridized carbons (Fsp3) is 0.190. The topological polar surface area (TPSA) is 94.8 Å². The van der Waals surface area contributed by atoms with Gasteiger partial charge in [0.05, 0.1) is 11.6 Å². The van der Waals surface area contributed by atoms with Gasteiger partial charge in [-0.25, -0.2) is 0 Å². The highest BCUT2D eigenvalue weighted by Crippen LogP contribution is 2.48. The fourth-order valence-corrected chi connectivity index (χ4v) is 3.70. The summed E-state index contributed by atoms with van der Waals surface area (Å²) in [6, 6.07) is 15.3. The van der Waals surface area contributed by atoms with E-state index in [9.17, 15) is 18.4 Å². The summed E-state index contributed by atoms with van der Waals surface area (Å²) in [6.07, 6.45) is -4.75. The van der Waals surface area contributed by atoms with E-state index in [1.807, 2.05) is 11.2 Å². The molecule has 2 N–H and O–H groups in total. The average molecular weight is 447 g/mol. The molecule has 0 bridgehead atoms. The van der Waals surface area contributed by atoms with E-state index in [4.69, 9.17) is 26.5 Å². The molecule has 1 aromatic heterocycles. The van der Waals surface area contributed by atoms with Gasteiger partial charge in [0, 0.05) is 22.1 Å². The van der Waals surface area contributed by atoms with Crippen LogP contribution >= 0.6 is 11.6 Å². The fourth-order valence-electron chi connectivity index (χ4n) is 3.51. The maximum atomic E-state index is 13.6. The molecule has 3 aromatic rings. The Hall–Kier alpha value is -3.51. The molecule has 31 heavy (non-hydrogen) atoms. The van der Waals surface area contributed by atoms with Gasteiger partial charge in [0.1, 0.15) is 24.0 Å². The summed E-state index contributed by atoms with van der Waals surface area (Å²) >= 11 is 6.16. The van der Waals surface area contributed by atoms with Gasteiger partial charge in [-0.2, -0.15) is 18.4 Å². The van der Waals surface area contributed by atoms with Crippen LogP contribution in [0.1, 0.15) is 28.3 Å². The zero-order valence-corrected chi connectivity index (χ0v) is 16.5. The molecule has 0 fully saturated rings. The van der Waals surface area contributed by atoms with Gasteiger partial charge in [0.25, 0.3) is 0 Å². The Kier molecular flexibility index (Phi) is 5.33. The molecule has 0 amide bonds. The highest BCUT2D eigenvalue weighted by atomic mass is 35.5. The van der Waals surface area contributed by atoms with E-state index >= 15 is 0 Å². The SMILES string of the molecule is N#CC1C(=N)Oc2n[nH]c(C(F)(F)F)c2C1c1ccccc1OCc1ccccc1Cl. The van der Waals surface area contributed by atoms with E-state index in [1.54, 1.807) is 48.5 Å². The van der Waals surface area contributed by atoms with E-state index in [1.165, 1.54) is 0 Å². The van der Waals surface area contributed by atoms with Crippen molar-refractivity contribution in [1.82, 2.24) is 10.2 Å². The van der Waals surface area contributed by atoms with Crippen LogP contribution in [0.15, 0.2) is 48.5 Å². The minimum atomic E-state index is -4.75. The monoisotopic (exact) mass is 446 g/mol. The Morgan fingerprint density at radius 2 is 1.90 bits per heavy atom. The molecule has 0 aliphatic carbocycles. The molecular weight excluding hydrogens is 433 g/mol. The molecule has 1 aliphatic heterocycles. The van der Waals surface area contributed by atoms with Crippen LogP contribution in [0, 0.1) is 22.7 Å². The van der Waals surface area contributed by atoms with Crippen molar-refractivity contribution in [2.75, 3.05) is 0 Å². The minimum Gasteiger partial charge on any atom is -0.489 e. The first-order valence-electron chi connectivity index (χ1n) is 9.07. The molecule has 10 heteroatoms. The van der Waals surface area contributed by atoms with Gasteiger partial charge in [-0.05, 0) is 12.1 Å². The largest absolute Gasteiger partial charge is 0.489 e. The molecular formula is C21H14ClF3N4O2. The first-order chi connectivity index (χ1) is 14.8. The van der Waals surface area contributed by atoms with Crippen molar-refractivity contribution in [3.8, 4) is 17.7 Å². The molecule has 0 saturated heterocycles. The normalized spacial score (nSPS) is 18.1. The van der Waals surface area contributed by atoms with Crippen LogP contribution in [-0.2, 0) is 12.8 Å². The molecule has 4 rings (SSSR count). The molecule has 2 heterocycles. The van der Waals surface area contributed by atoms with E-state index in [0.29, 0.717) is 16.1 Å². The van der Waals surface area contributed by atoms with Crippen LogP contribution in [0.5, 0.6) is 11.6 Å². The molecule has 6 nitrogen and oxygen atoms in total. The van der Waals surface area contributed by atoms with Crippen molar-refractivity contribution in [3.05, 3.63) is 75.9 Å². The minimum absolute atomic E-state index is 0.0684. The summed E-state index contributed by atoms with van der Waals surface area (Å²) in [6.45, 7) is 0.0684. The molecule has 0 saturated carbocycles. The van der Waals surface area contributed by atoms with Gasteiger partial charge >= 0.3 is 6.18 Å². The Bertz CT molecular complexity index is 1190. The van der Waals surface area contributed by atoms with Crippen LogP contribution in [0.3, 0.4) is 0 Å². The number of rotatable bonds is 4. The van der Waals surface area contributed by atoms with Crippen molar-refractivity contribution in [1.29, 1.82) is 10.7 Å². The number of nitrogens with one attached hydrogen (secondary N) is 2. The molecule has 0 radical (unpaired) electrons. The zero-order chi connectivity index (χ0) is 22.2. The second kappa shape index (κ2) is 7.96. The summed E-state index contributed by atoms with van der Waals surface area (Å²) in [5.74, 6) is -3.06. The number of hydrogen-bond acceptors (Lipinski definition) is 5. The smallest absolute Gasteiger partial charge is 0.433 e. The molecule has 2 unspecified atom stereocenters. The van der Waals surface area contributed by atoms with Gasteiger partial charge in [-0.15, -0.1) is 5.10 Å². The molecule has 0 spiro atoms. The predicted molar refractivity (Wildman–Crippen MR) is 105 cm³/mol. The van der Waals surface area contributed by atoms with E-state index in [-0.39, 0.29) is 23.8 Å². The highest BCUT2D eigenvalue weighted by Gasteiger charge is 2.47. The van der Waals surface area contributed by atoms with Crippen molar-refractivity contribution in [3.63, 3.8) is 0 Å². The Morgan fingerprint density at radius 3 is 2.61 bits per heavy atom. The first kappa shape index (κ1) is 20.8. The maximum absolute atomic E-state index is 13.6. The lowest BCUT2D eigenvalue weighted by Crippen LogP contribution is -2.32. The number of ether oxygens (including phenoxy) is 2. The number of aromatic nitrogens is 2. The van der Waals surface area contributed by atoms with Crippen LogP contribution in [-0.4, -0.2) is 16.1 Å². The number of nitrogens with zero attached hydrogens (tertiary/aromatic N) is 2. The van der Waals surface area contributed by atoms with Crippen LogP contribution < -0.4 is 9.47 Å². The third-order valence-electron chi connectivity index (χ3n) is 4.92. The van der Waals surface area contributed by atoms with Crippen LogP contribution in [0.25, 0.3) is 0 Å². The summed E-state index contributed by atoms with van der Waals surface area (Å²) in [5, 5.41) is 23.7. The first-order valence-corrected chi connectivity index (χ1v) is 9.45. The van der Waals surface area contributed by atoms with Crippen molar-refractivity contribution >= 4 is 17.5 Å². The van der Waals surface area contributed by atoms with Crippen molar-refractivity contribution in [2.45, 2.75) is 18.7 Å². The maximum Gasteiger partial charge on any atom is 0.433 e. The number of aromatic amines is 1. The second-order valence-corrected chi connectivity index (χ2v) is 7.19. The van der Waals surface area contributed by atoms with E-state index in [0.717, 1.165) is 0 Å². The quantitative estimate of drug-likeness (QED) is 0.568. The Labute approximate surface area is 179 Å². The number of benzene rings is 2. The van der Waals surface area contributed by atoms with E-state index in [2.05, 4.69) is 5.10 Å². The van der Waals surface area contributed by atoms with Crippen LogP contribution in [0.2, 0.25) is 5.02 Å². The highest BCUT2D eigenvalue weighted by molar-refractivity contribution is 6.31. The van der Waals surface area contributed by atoms with Gasteiger partial charge in [-0.3, -0.25) is 10.5 Å². The number of hydrogen-bond donors (Lipinski definition) is 2. The molecule has 158 valence electrons. The summed E-state index contributed by atoms with van der Waals surface area (Å²) in [4.78, 5) is 0. The van der Waals surface area contributed by atoms with Gasteiger partial charge in [-0.1, -0.05) is 48.0 Å². The molecule has 1 aliphatic rings.